The summed E-state index contributed by atoms with van der Waals surface area (Å²) in [7, 11) is 3.13. The van der Waals surface area contributed by atoms with Gasteiger partial charge < -0.3 is 14.8 Å². The van der Waals surface area contributed by atoms with Crippen molar-refractivity contribution in [1.29, 1.82) is 0 Å². The Morgan fingerprint density at radius 3 is 2.27 bits per heavy atom. The van der Waals surface area contributed by atoms with Crippen LogP contribution in [0, 0.1) is 0 Å². The Morgan fingerprint density at radius 1 is 1.05 bits per heavy atom. The van der Waals surface area contributed by atoms with E-state index in [-0.39, 0.29) is 5.91 Å². The molecule has 0 atom stereocenters. The van der Waals surface area contributed by atoms with Gasteiger partial charge in [-0.15, -0.1) is 0 Å². The lowest BCUT2D eigenvalue weighted by atomic mass is 10.1. The Bertz CT molecular complexity index is 676. The third-order valence-corrected chi connectivity index (χ3v) is 3.33. The molecule has 0 spiro atoms. The van der Waals surface area contributed by atoms with Crippen LogP contribution in [0.1, 0.15) is 5.56 Å². The zero-order chi connectivity index (χ0) is 15.9. The van der Waals surface area contributed by atoms with Gasteiger partial charge in [0.15, 0.2) is 0 Å². The molecule has 0 radical (unpaired) electrons. The van der Waals surface area contributed by atoms with E-state index in [1.165, 1.54) is 6.08 Å². The van der Waals surface area contributed by atoms with Gasteiger partial charge in [0.05, 0.1) is 30.5 Å². The lowest BCUT2D eigenvalue weighted by Gasteiger charge is -2.09. The lowest BCUT2D eigenvalue weighted by molar-refractivity contribution is -0.111. The number of anilines is 1. The minimum atomic E-state index is -0.291. The van der Waals surface area contributed by atoms with Crippen molar-refractivity contribution in [2.45, 2.75) is 0 Å². The van der Waals surface area contributed by atoms with Crippen molar-refractivity contribution in [1.82, 2.24) is 0 Å². The zero-order valence-electron chi connectivity index (χ0n) is 12.3. The number of benzene rings is 2. The summed E-state index contributed by atoms with van der Waals surface area (Å²) < 4.78 is 10.5. The standard InChI is InChI=1S/C17H16ClNO3/c1-21-15-8-5-9-16(22-2)12(15)10-11-17(20)19-14-7-4-3-6-13(14)18/h3-11H,1-2H3,(H,19,20)/b11-10+. The van der Waals surface area contributed by atoms with E-state index in [1.807, 2.05) is 6.07 Å². The average molecular weight is 318 g/mol. The molecule has 0 bridgehead atoms. The van der Waals surface area contributed by atoms with Crippen LogP contribution in [-0.4, -0.2) is 20.1 Å². The molecule has 2 aromatic carbocycles. The van der Waals surface area contributed by atoms with Crippen molar-refractivity contribution >= 4 is 29.3 Å². The summed E-state index contributed by atoms with van der Waals surface area (Å²) in [5, 5.41) is 3.20. The number of ether oxygens (including phenoxy) is 2. The number of methoxy groups -OCH3 is 2. The maximum atomic E-state index is 12.0. The SMILES string of the molecule is COc1cccc(OC)c1/C=C/C(=O)Nc1ccccc1Cl. The fourth-order valence-corrected chi connectivity index (χ4v) is 2.12. The molecule has 1 N–H and O–H groups in total. The van der Waals surface area contributed by atoms with Crippen molar-refractivity contribution < 1.29 is 14.3 Å². The molecule has 0 saturated heterocycles. The maximum Gasteiger partial charge on any atom is 0.248 e. The second kappa shape index (κ2) is 7.52. The molecule has 22 heavy (non-hydrogen) atoms. The van der Waals surface area contributed by atoms with Crippen molar-refractivity contribution in [2.24, 2.45) is 0 Å². The maximum absolute atomic E-state index is 12.0. The molecule has 0 heterocycles. The molecule has 2 rings (SSSR count). The predicted molar refractivity (Wildman–Crippen MR) is 88.7 cm³/mol. The topological polar surface area (TPSA) is 47.6 Å². The number of amides is 1. The van der Waals surface area contributed by atoms with Gasteiger partial charge >= 0.3 is 0 Å². The summed E-state index contributed by atoms with van der Waals surface area (Å²) in [6.07, 6.45) is 3.05. The molecular weight excluding hydrogens is 302 g/mol. The predicted octanol–water partition coefficient (Wildman–Crippen LogP) is 4.01. The molecule has 0 aromatic heterocycles. The first-order chi connectivity index (χ1) is 10.7. The van der Waals surface area contributed by atoms with E-state index in [0.29, 0.717) is 27.8 Å². The highest BCUT2D eigenvalue weighted by Gasteiger charge is 2.07. The smallest absolute Gasteiger partial charge is 0.248 e. The number of halogens is 1. The Balaban J connectivity index is 2.18. The molecule has 1 amide bonds. The van der Waals surface area contributed by atoms with Crippen molar-refractivity contribution in [2.75, 3.05) is 19.5 Å². The summed E-state index contributed by atoms with van der Waals surface area (Å²) >= 11 is 6.00. The van der Waals surface area contributed by atoms with Gasteiger partial charge in [0.2, 0.25) is 5.91 Å². The van der Waals surface area contributed by atoms with Crippen molar-refractivity contribution in [3.63, 3.8) is 0 Å². The van der Waals surface area contributed by atoms with E-state index < -0.39 is 0 Å². The van der Waals surface area contributed by atoms with Crippen LogP contribution in [0.3, 0.4) is 0 Å². The fraction of sp³-hybridized carbons (Fsp3) is 0.118. The van der Waals surface area contributed by atoms with Gasteiger partial charge in [-0.25, -0.2) is 0 Å². The van der Waals surface area contributed by atoms with Crippen molar-refractivity contribution in [3.8, 4) is 11.5 Å². The Labute approximate surface area is 134 Å². The number of hydrogen-bond donors (Lipinski definition) is 1. The zero-order valence-corrected chi connectivity index (χ0v) is 13.1. The first-order valence-electron chi connectivity index (χ1n) is 6.60. The quantitative estimate of drug-likeness (QED) is 0.848. The third-order valence-electron chi connectivity index (χ3n) is 3.00. The van der Waals surface area contributed by atoms with Crippen molar-refractivity contribution in [3.05, 3.63) is 59.1 Å². The molecular formula is C17H16ClNO3. The molecule has 0 aliphatic carbocycles. The van der Waals surface area contributed by atoms with E-state index >= 15 is 0 Å². The first-order valence-corrected chi connectivity index (χ1v) is 6.98. The van der Waals surface area contributed by atoms with Crippen LogP contribution in [0.5, 0.6) is 11.5 Å². The molecule has 0 fully saturated rings. The molecule has 0 aliphatic rings. The van der Waals surface area contributed by atoms with E-state index in [4.69, 9.17) is 21.1 Å². The first kappa shape index (κ1) is 15.9. The molecule has 0 unspecified atom stereocenters. The molecule has 114 valence electrons. The van der Waals surface area contributed by atoms with Crippen LogP contribution in [0.4, 0.5) is 5.69 Å². The van der Waals surface area contributed by atoms with Crippen LogP contribution >= 0.6 is 11.6 Å². The molecule has 4 nitrogen and oxygen atoms in total. The van der Waals surface area contributed by atoms with E-state index in [1.54, 1.807) is 56.7 Å². The fourth-order valence-electron chi connectivity index (χ4n) is 1.94. The second-order valence-electron chi connectivity index (χ2n) is 4.38. The minimum Gasteiger partial charge on any atom is -0.496 e. The van der Waals surface area contributed by atoms with Gasteiger partial charge in [-0.05, 0) is 30.3 Å². The van der Waals surface area contributed by atoms with E-state index in [2.05, 4.69) is 5.32 Å². The number of hydrogen-bond acceptors (Lipinski definition) is 3. The van der Waals surface area contributed by atoms with E-state index in [9.17, 15) is 4.79 Å². The summed E-state index contributed by atoms with van der Waals surface area (Å²) in [6, 6.07) is 12.5. The summed E-state index contributed by atoms with van der Waals surface area (Å²) in [4.78, 5) is 12.0. The minimum absolute atomic E-state index is 0.291. The van der Waals surface area contributed by atoms with Crippen LogP contribution < -0.4 is 14.8 Å². The molecule has 2 aromatic rings. The monoisotopic (exact) mass is 317 g/mol. The van der Waals surface area contributed by atoms with Crippen LogP contribution in [-0.2, 0) is 4.79 Å². The highest BCUT2D eigenvalue weighted by Crippen LogP contribution is 2.29. The van der Waals surface area contributed by atoms with E-state index in [0.717, 1.165) is 0 Å². The highest BCUT2D eigenvalue weighted by atomic mass is 35.5. The van der Waals surface area contributed by atoms with Gasteiger partial charge in [0.1, 0.15) is 11.5 Å². The Hall–Kier alpha value is -2.46. The number of carbonyl (C=O) groups is 1. The van der Waals surface area contributed by atoms with Crippen LogP contribution in [0.15, 0.2) is 48.5 Å². The Kier molecular flexibility index (Phi) is 5.44. The average Bonchev–Trinajstić information content (AvgIpc) is 2.54. The number of nitrogens with one attached hydrogen (secondary N) is 1. The highest BCUT2D eigenvalue weighted by molar-refractivity contribution is 6.33. The number of carbonyl (C=O) groups excluding carboxylic acids is 1. The largest absolute Gasteiger partial charge is 0.496 e. The summed E-state index contributed by atoms with van der Waals surface area (Å²) in [5.41, 5.74) is 1.26. The van der Waals surface area contributed by atoms with Gasteiger partial charge in [0.25, 0.3) is 0 Å². The van der Waals surface area contributed by atoms with Gasteiger partial charge in [0, 0.05) is 6.08 Å². The lowest BCUT2D eigenvalue weighted by Crippen LogP contribution is -2.08. The Morgan fingerprint density at radius 2 is 1.68 bits per heavy atom. The van der Waals surface area contributed by atoms with Gasteiger partial charge in [-0.1, -0.05) is 29.8 Å². The normalized spacial score (nSPS) is 10.5. The van der Waals surface area contributed by atoms with Gasteiger partial charge in [-0.2, -0.15) is 0 Å². The van der Waals surface area contributed by atoms with Crippen LogP contribution in [0.2, 0.25) is 5.02 Å². The third kappa shape index (κ3) is 3.80. The number of para-hydroxylation sites is 1. The second-order valence-corrected chi connectivity index (χ2v) is 4.79. The molecule has 5 heteroatoms. The number of rotatable bonds is 5. The van der Waals surface area contributed by atoms with Gasteiger partial charge in [-0.3, -0.25) is 4.79 Å². The summed E-state index contributed by atoms with van der Waals surface area (Å²) in [6.45, 7) is 0. The van der Waals surface area contributed by atoms with Crippen LogP contribution in [0.25, 0.3) is 6.08 Å². The molecule has 0 aliphatic heterocycles. The summed E-state index contributed by atoms with van der Waals surface area (Å²) in [5.74, 6) is 0.961. The molecule has 0 saturated carbocycles.